The van der Waals surface area contributed by atoms with E-state index in [0.29, 0.717) is 12.3 Å². The predicted molar refractivity (Wildman–Crippen MR) is 73.2 cm³/mol. The minimum Gasteiger partial charge on any atom is -0.548 e. The van der Waals surface area contributed by atoms with Crippen molar-refractivity contribution < 1.29 is 20.4 Å². The van der Waals surface area contributed by atoms with E-state index in [1.54, 1.807) is 0 Å². The molecule has 0 unspecified atom stereocenters. The lowest BCUT2D eigenvalue weighted by Crippen LogP contribution is -2.69. The van der Waals surface area contributed by atoms with Crippen molar-refractivity contribution in [3.63, 3.8) is 0 Å². The van der Waals surface area contributed by atoms with Crippen LogP contribution in [0.3, 0.4) is 0 Å². The number of carbonyl (C=O) groups excluding carboxylic acids is 2. The van der Waals surface area contributed by atoms with E-state index in [0.717, 1.165) is 5.56 Å². The molecule has 5 nitrogen and oxygen atoms in total. The van der Waals surface area contributed by atoms with Crippen LogP contribution >= 0.6 is 0 Å². The number of nitrogens with one attached hydrogen (secondary N) is 1. The molecule has 5 heteroatoms. The average Bonchev–Trinajstić information content (AvgIpc) is 2.38. The molecule has 0 aromatic heterocycles. The normalized spacial score (nSPS) is 13.8. The summed E-state index contributed by atoms with van der Waals surface area (Å²) in [6.07, 6.45) is 0.834. The van der Waals surface area contributed by atoms with Gasteiger partial charge in [-0.3, -0.25) is 4.79 Å². The molecule has 0 spiro atoms. The number of amides is 1. The minimum absolute atomic E-state index is 0.212. The highest BCUT2D eigenvalue weighted by Crippen LogP contribution is 2.05. The Hall–Kier alpha value is -1.88. The molecule has 0 radical (unpaired) electrons. The third-order valence-corrected chi connectivity index (χ3v) is 3.01. The number of hydrogen-bond acceptors (Lipinski definition) is 3. The Morgan fingerprint density at radius 3 is 2.35 bits per heavy atom. The van der Waals surface area contributed by atoms with Gasteiger partial charge >= 0.3 is 0 Å². The molecule has 0 aliphatic heterocycles. The fourth-order valence-electron chi connectivity index (χ4n) is 2.01. The molecule has 1 rings (SSSR count). The Labute approximate surface area is 119 Å². The number of carbonyl (C=O) groups is 2. The topological polar surface area (TPSA) is 96.9 Å². The maximum absolute atomic E-state index is 11.9. The highest BCUT2D eigenvalue weighted by Gasteiger charge is 2.22. The van der Waals surface area contributed by atoms with Gasteiger partial charge in [0.25, 0.3) is 5.91 Å². The van der Waals surface area contributed by atoms with Crippen LogP contribution in [0.25, 0.3) is 0 Å². The van der Waals surface area contributed by atoms with E-state index >= 15 is 0 Å². The summed E-state index contributed by atoms with van der Waals surface area (Å²) in [5, 5.41) is 13.6. The van der Waals surface area contributed by atoms with Crippen LogP contribution in [0.1, 0.15) is 25.8 Å². The molecule has 1 aromatic rings. The second kappa shape index (κ2) is 7.65. The largest absolute Gasteiger partial charge is 0.548 e. The Bertz CT molecular complexity index is 446. The van der Waals surface area contributed by atoms with Gasteiger partial charge in [0.2, 0.25) is 0 Å². The number of carboxylic acids is 1. The van der Waals surface area contributed by atoms with E-state index in [-0.39, 0.29) is 12.3 Å². The van der Waals surface area contributed by atoms with Crippen LogP contribution in [-0.2, 0) is 16.0 Å². The van der Waals surface area contributed by atoms with E-state index < -0.39 is 18.1 Å². The Balaban J connectivity index is 2.64. The summed E-state index contributed by atoms with van der Waals surface area (Å²) in [6.45, 7) is 3.98. The van der Waals surface area contributed by atoms with Crippen molar-refractivity contribution in [2.24, 2.45) is 5.92 Å². The third kappa shape index (κ3) is 5.40. The highest BCUT2D eigenvalue weighted by atomic mass is 16.4. The SMILES string of the molecule is CC(C)C[C@H]([NH3+])C(=O)N[C@@H](Cc1ccccc1)C(=O)[O-]. The van der Waals surface area contributed by atoms with Gasteiger partial charge in [-0.2, -0.15) is 0 Å². The molecule has 110 valence electrons. The lowest BCUT2D eigenvalue weighted by atomic mass is 10.0. The molecule has 20 heavy (non-hydrogen) atoms. The second-order valence-corrected chi connectivity index (χ2v) is 5.40. The highest BCUT2D eigenvalue weighted by molar-refractivity contribution is 5.85. The van der Waals surface area contributed by atoms with Gasteiger partial charge in [0.1, 0.15) is 0 Å². The zero-order chi connectivity index (χ0) is 15.1. The van der Waals surface area contributed by atoms with E-state index in [1.165, 1.54) is 0 Å². The third-order valence-electron chi connectivity index (χ3n) is 3.01. The molecule has 0 heterocycles. The van der Waals surface area contributed by atoms with Crippen LogP contribution in [0.2, 0.25) is 0 Å². The zero-order valence-corrected chi connectivity index (χ0v) is 12.0. The Kier molecular flexibility index (Phi) is 6.18. The van der Waals surface area contributed by atoms with Gasteiger partial charge in [-0.05, 0) is 17.9 Å². The maximum Gasteiger partial charge on any atom is 0.278 e. The summed E-state index contributed by atoms with van der Waals surface area (Å²) in [7, 11) is 0. The molecule has 0 saturated carbocycles. The zero-order valence-electron chi connectivity index (χ0n) is 12.0. The average molecular weight is 278 g/mol. The number of hydrogen-bond donors (Lipinski definition) is 2. The van der Waals surface area contributed by atoms with E-state index in [9.17, 15) is 14.7 Å². The number of benzene rings is 1. The molecule has 1 aromatic carbocycles. The van der Waals surface area contributed by atoms with Crippen molar-refractivity contribution in [1.82, 2.24) is 5.32 Å². The quantitative estimate of drug-likeness (QED) is 0.678. The van der Waals surface area contributed by atoms with Crippen LogP contribution < -0.4 is 16.2 Å². The predicted octanol–water partition coefficient (Wildman–Crippen LogP) is -0.880. The first-order valence-corrected chi connectivity index (χ1v) is 6.78. The number of aliphatic carboxylic acids is 1. The van der Waals surface area contributed by atoms with Crippen molar-refractivity contribution in [3.8, 4) is 0 Å². The van der Waals surface area contributed by atoms with Gasteiger partial charge < -0.3 is 21.0 Å². The minimum atomic E-state index is -1.28. The van der Waals surface area contributed by atoms with Gasteiger partial charge in [-0.15, -0.1) is 0 Å². The van der Waals surface area contributed by atoms with Gasteiger partial charge in [-0.1, -0.05) is 44.2 Å². The van der Waals surface area contributed by atoms with Crippen LogP contribution in [-0.4, -0.2) is 24.0 Å². The van der Waals surface area contributed by atoms with Gasteiger partial charge in [0.05, 0.1) is 12.0 Å². The summed E-state index contributed by atoms with van der Waals surface area (Å²) in [5.74, 6) is -1.29. The van der Waals surface area contributed by atoms with Crippen molar-refractivity contribution >= 4 is 11.9 Å². The van der Waals surface area contributed by atoms with E-state index in [4.69, 9.17) is 0 Å². The smallest absolute Gasteiger partial charge is 0.278 e. The van der Waals surface area contributed by atoms with Crippen LogP contribution in [0.15, 0.2) is 30.3 Å². The number of quaternary nitrogens is 1. The fraction of sp³-hybridized carbons (Fsp3) is 0.467. The van der Waals surface area contributed by atoms with Crippen molar-refractivity contribution in [3.05, 3.63) is 35.9 Å². The van der Waals surface area contributed by atoms with Crippen LogP contribution in [0, 0.1) is 5.92 Å². The monoisotopic (exact) mass is 278 g/mol. The van der Waals surface area contributed by atoms with Gasteiger partial charge in [-0.25, -0.2) is 0 Å². The molecule has 0 aliphatic rings. The summed E-state index contributed by atoms with van der Waals surface area (Å²) >= 11 is 0. The first kappa shape index (κ1) is 16.2. The fourth-order valence-corrected chi connectivity index (χ4v) is 2.01. The molecule has 0 bridgehead atoms. The molecule has 0 saturated heterocycles. The Morgan fingerprint density at radius 1 is 1.25 bits per heavy atom. The summed E-state index contributed by atoms with van der Waals surface area (Å²) in [5.41, 5.74) is 4.61. The maximum atomic E-state index is 11.9. The van der Waals surface area contributed by atoms with E-state index in [2.05, 4.69) is 11.1 Å². The number of rotatable bonds is 7. The Morgan fingerprint density at radius 2 is 1.85 bits per heavy atom. The van der Waals surface area contributed by atoms with Crippen LogP contribution in [0.5, 0.6) is 0 Å². The lowest BCUT2D eigenvalue weighted by Gasteiger charge is -2.21. The second-order valence-electron chi connectivity index (χ2n) is 5.40. The molecule has 4 N–H and O–H groups in total. The first-order chi connectivity index (χ1) is 9.40. The number of carboxylic acid groups (broad SMARTS) is 1. The van der Waals surface area contributed by atoms with Crippen LogP contribution in [0.4, 0.5) is 0 Å². The molecule has 0 aliphatic carbocycles. The standard InChI is InChI=1S/C15H22N2O3/c1-10(2)8-12(16)14(18)17-13(15(19)20)9-11-6-4-3-5-7-11/h3-7,10,12-13H,8-9,16H2,1-2H3,(H,17,18)(H,19,20)/t12-,13-/m0/s1. The van der Waals surface area contributed by atoms with Crippen molar-refractivity contribution in [2.75, 3.05) is 0 Å². The van der Waals surface area contributed by atoms with Crippen molar-refractivity contribution in [2.45, 2.75) is 38.8 Å². The summed E-state index contributed by atoms with van der Waals surface area (Å²) in [4.78, 5) is 23.1. The van der Waals surface area contributed by atoms with Gasteiger partial charge in [0, 0.05) is 6.42 Å². The first-order valence-electron chi connectivity index (χ1n) is 6.78. The molecular formula is C15H22N2O3. The molecule has 0 fully saturated rings. The van der Waals surface area contributed by atoms with E-state index in [1.807, 2.05) is 44.2 Å². The molecule has 1 amide bonds. The van der Waals surface area contributed by atoms with Crippen molar-refractivity contribution in [1.29, 1.82) is 0 Å². The lowest BCUT2D eigenvalue weighted by molar-refractivity contribution is -0.406. The molecule has 2 atom stereocenters. The van der Waals surface area contributed by atoms with Gasteiger partial charge in [0.15, 0.2) is 6.04 Å². The molecular weight excluding hydrogens is 256 g/mol. The summed E-state index contributed by atoms with van der Waals surface area (Å²) < 4.78 is 0. The summed E-state index contributed by atoms with van der Waals surface area (Å²) in [6, 6.07) is 7.66.